The summed E-state index contributed by atoms with van der Waals surface area (Å²) >= 11 is 1.81. The fraction of sp³-hybridized carbons (Fsp3) is 0.333. The molecule has 3 rings (SSSR count). The summed E-state index contributed by atoms with van der Waals surface area (Å²) in [6.07, 6.45) is 3.16. The lowest BCUT2D eigenvalue weighted by molar-refractivity contribution is 0.357. The van der Waals surface area contributed by atoms with E-state index in [0.717, 1.165) is 25.3 Å². The predicted octanol–water partition coefficient (Wildman–Crippen LogP) is 4.04. The second-order valence-electron chi connectivity index (χ2n) is 5.20. The summed E-state index contributed by atoms with van der Waals surface area (Å²) in [6, 6.07) is 15.5. The van der Waals surface area contributed by atoms with E-state index in [2.05, 4.69) is 61.0 Å². The van der Waals surface area contributed by atoms with E-state index in [1.54, 1.807) is 11.8 Å². The van der Waals surface area contributed by atoms with Crippen LogP contribution in [0.1, 0.15) is 29.7 Å². The molecule has 0 fully saturated rings. The average molecular weight is 299 g/mol. The van der Waals surface area contributed by atoms with Gasteiger partial charge in [-0.2, -0.15) is 0 Å². The van der Waals surface area contributed by atoms with Crippen LogP contribution >= 0.6 is 11.8 Å². The zero-order valence-electron chi connectivity index (χ0n) is 12.6. The van der Waals surface area contributed by atoms with Crippen molar-refractivity contribution >= 4 is 11.8 Å². The summed E-state index contributed by atoms with van der Waals surface area (Å²) in [6.45, 7) is 3.91. The normalized spacial score (nSPS) is 14.6. The molecule has 1 aliphatic rings. The number of rotatable bonds is 5. The summed E-state index contributed by atoms with van der Waals surface area (Å²) < 4.78 is 5.62. The Morgan fingerprint density at radius 1 is 1.24 bits per heavy atom. The number of ether oxygens (including phenoxy) is 1. The molecule has 1 N–H and O–H groups in total. The Hall–Kier alpha value is -1.45. The van der Waals surface area contributed by atoms with Gasteiger partial charge in [0.1, 0.15) is 5.75 Å². The predicted molar refractivity (Wildman–Crippen MR) is 89.4 cm³/mol. The van der Waals surface area contributed by atoms with Gasteiger partial charge in [-0.05, 0) is 41.6 Å². The minimum Gasteiger partial charge on any atom is -0.493 e. The lowest BCUT2D eigenvalue weighted by Gasteiger charge is -2.22. The van der Waals surface area contributed by atoms with Crippen molar-refractivity contribution in [1.82, 2.24) is 5.32 Å². The Labute approximate surface area is 130 Å². The summed E-state index contributed by atoms with van der Waals surface area (Å²) in [4.78, 5) is 1.33. The van der Waals surface area contributed by atoms with Crippen molar-refractivity contribution in [3.8, 4) is 5.75 Å². The Morgan fingerprint density at radius 2 is 2.10 bits per heavy atom. The fourth-order valence-electron chi connectivity index (χ4n) is 2.90. The molecule has 1 atom stereocenters. The molecule has 0 bridgehead atoms. The molecule has 0 saturated carbocycles. The van der Waals surface area contributed by atoms with Crippen LogP contribution in [0.5, 0.6) is 5.75 Å². The molecule has 0 aliphatic carbocycles. The third kappa shape index (κ3) is 2.94. The van der Waals surface area contributed by atoms with Crippen LogP contribution in [0.15, 0.2) is 47.4 Å². The maximum Gasteiger partial charge on any atom is 0.122 e. The summed E-state index contributed by atoms with van der Waals surface area (Å²) in [5.74, 6) is 1.05. The minimum absolute atomic E-state index is 0.240. The second-order valence-corrected chi connectivity index (χ2v) is 6.05. The first-order chi connectivity index (χ1) is 10.3. The van der Waals surface area contributed by atoms with Crippen molar-refractivity contribution in [3.05, 3.63) is 59.2 Å². The zero-order chi connectivity index (χ0) is 14.7. The van der Waals surface area contributed by atoms with E-state index < -0.39 is 0 Å². The van der Waals surface area contributed by atoms with Gasteiger partial charge in [0.15, 0.2) is 0 Å². The van der Waals surface area contributed by atoms with Gasteiger partial charge in [-0.25, -0.2) is 0 Å². The standard InChI is InChI=1S/C18H21NOS/c1-3-19-18(15-6-4-5-7-17(15)21-2)14-8-9-16-13(12-14)10-11-20-16/h4-9,12,18-19H,3,10-11H2,1-2H3. The third-order valence-corrected chi connectivity index (χ3v) is 4.72. The van der Waals surface area contributed by atoms with Gasteiger partial charge in [0.25, 0.3) is 0 Å². The van der Waals surface area contributed by atoms with Crippen molar-refractivity contribution in [2.75, 3.05) is 19.4 Å². The first-order valence-corrected chi connectivity index (χ1v) is 8.68. The van der Waals surface area contributed by atoms with E-state index in [1.165, 1.54) is 21.6 Å². The molecule has 0 saturated heterocycles. The van der Waals surface area contributed by atoms with Gasteiger partial charge in [0, 0.05) is 11.3 Å². The molecule has 21 heavy (non-hydrogen) atoms. The second kappa shape index (κ2) is 6.54. The summed E-state index contributed by atoms with van der Waals surface area (Å²) in [5.41, 5.74) is 4.00. The van der Waals surface area contributed by atoms with Crippen LogP contribution in [0.3, 0.4) is 0 Å². The highest BCUT2D eigenvalue weighted by molar-refractivity contribution is 7.98. The smallest absolute Gasteiger partial charge is 0.122 e. The molecular weight excluding hydrogens is 278 g/mol. The number of thioether (sulfide) groups is 1. The van der Waals surface area contributed by atoms with Gasteiger partial charge < -0.3 is 10.1 Å². The molecule has 2 nitrogen and oxygen atoms in total. The quantitative estimate of drug-likeness (QED) is 0.842. The van der Waals surface area contributed by atoms with Crippen LogP contribution in [-0.4, -0.2) is 19.4 Å². The van der Waals surface area contributed by atoms with Crippen LogP contribution < -0.4 is 10.1 Å². The molecule has 0 amide bonds. The highest BCUT2D eigenvalue weighted by Gasteiger charge is 2.19. The van der Waals surface area contributed by atoms with E-state index in [9.17, 15) is 0 Å². The largest absolute Gasteiger partial charge is 0.493 e. The maximum absolute atomic E-state index is 5.62. The fourth-order valence-corrected chi connectivity index (χ4v) is 3.54. The van der Waals surface area contributed by atoms with Crippen LogP contribution in [0, 0.1) is 0 Å². The van der Waals surface area contributed by atoms with Crippen LogP contribution in [0.4, 0.5) is 0 Å². The van der Waals surface area contributed by atoms with Crippen LogP contribution in [-0.2, 0) is 6.42 Å². The Kier molecular flexibility index (Phi) is 4.51. The number of nitrogens with one attached hydrogen (secondary N) is 1. The first kappa shape index (κ1) is 14.5. The van der Waals surface area contributed by atoms with Crippen molar-refractivity contribution in [3.63, 3.8) is 0 Å². The van der Waals surface area contributed by atoms with Crippen molar-refractivity contribution in [2.45, 2.75) is 24.3 Å². The van der Waals surface area contributed by atoms with E-state index in [4.69, 9.17) is 4.74 Å². The van der Waals surface area contributed by atoms with Crippen molar-refractivity contribution < 1.29 is 4.74 Å². The zero-order valence-corrected chi connectivity index (χ0v) is 13.4. The monoisotopic (exact) mass is 299 g/mol. The van der Waals surface area contributed by atoms with Gasteiger partial charge in [-0.15, -0.1) is 11.8 Å². The van der Waals surface area contributed by atoms with Crippen LogP contribution in [0.2, 0.25) is 0 Å². The molecule has 1 unspecified atom stereocenters. The Bertz CT molecular complexity index is 626. The maximum atomic E-state index is 5.62. The van der Waals surface area contributed by atoms with Gasteiger partial charge in [0.05, 0.1) is 12.6 Å². The number of hydrogen-bond donors (Lipinski definition) is 1. The topological polar surface area (TPSA) is 21.3 Å². The molecule has 0 spiro atoms. The highest BCUT2D eigenvalue weighted by Crippen LogP contribution is 2.33. The van der Waals surface area contributed by atoms with Crippen LogP contribution in [0.25, 0.3) is 0 Å². The van der Waals surface area contributed by atoms with Gasteiger partial charge in [-0.1, -0.05) is 37.3 Å². The molecule has 2 aromatic carbocycles. The van der Waals surface area contributed by atoms with Gasteiger partial charge in [0.2, 0.25) is 0 Å². The molecular formula is C18H21NOS. The van der Waals surface area contributed by atoms with E-state index in [-0.39, 0.29) is 6.04 Å². The number of benzene rings is 2. The SMILES string of the molecule is CCNC(c1ccc2c(c1)CCO2)c1ccccc1SC. The number of fused-ring (bicyclic) bond motifs is 1. The van der Waals surface area contributed by atoms with Gasteiger partial charge in [-0.3, -0.25) is 0 Å². The van der Waals surface area contributed by atoms with Gasteiger partial charge >= 0.3 is 0 Å². The molecule has 0 radical (unpaired) electrons. The summed E-state index contributed by atoms with van der Waals surface area (Å²) in [7, 11) is 0. The van der Waals surface area contributed by atoms with E-state index in [0.29, 0.717) is 0 Å². The molecule has 3 heteroatoms. The molecule has 1 aliphatic heterocycles. The lowest BCUT2D eigenvalue weighted by Crippen LogP contribution is -2.22. The Morgan fingerprint density at radius 3 is 2.90 bits per heavy atom. The third-order valence-electron chi connectivity index (χ3n) is 3.91. The molecule has 1 heterocycles. The van der Waals surface area contributed by atoms with Crippen molar-refractivity contribution in [1.29, 1.82) is 0 Å². The minimum atomic E-state index is 0.240. The Balaban J connectivity index is 2.01. The molecule has 0 aromatic heterocycles. The highest BCUT2D eigenvalue weighted by atomic mass is 32.2. The van der Waals surface area contributed by atoms with E-state index in [1.807, 2.05) is 0 Å². The van der Waals surface area contributed by atoms with Crippen molar-refractivity contribution in [2.24, 2.45) is 0 Å². The summed E-state index contributed by atoms with van der Waals surface area (Å²) in [5, 5.41) is 3.63. The first-order valence-electron chi connectivity index (χ1n) is 7.45. The van der Waals surface area contributed by atoms with E-state index >= 15 is 0 Å². The lowest BCUT2D eigenvalue weighted by atomic mass is 9.96. The molecule has 110 valence electrons. The average Bonchev–Trinajstić information content (AvgIpc) is 3.00. The number of hydrogen-bond acceptors (Lipinski definition) is 3. The molecule has 2 aromatic rings.